The largest absolute Gasteiger partial charge is 0.292 e. The van der Waals surface area contributed by atoms with E-state index in [0.717, 1.165) is 5.69 Å². The highest BCUT2D eigenvalue weighted by Crippen LogP contribution is 2.28. The number of halogens is 1. The quantitative estimate of drug-likeness (QED) is 0.779. The lowest BCUT2D eigenvalue weighted by molar-refractivity contribution is 0.461. The van der Waals surface area contributed by atoms with Crippen molar-refractivity contribution in [3.8, 4) is 0 Å². The van der Waals surface area contributed by atoms with Crippen molar-refractivity contribution in [1.29, 1.82) is 0 Å². The number of hydrogen-bond acceptors (Lipinski definition) is 3. The number of nitrogens with zero attached hydrogens (tertiary/aromatic N) is 4. The molecule has 0 bridgehead atoms. The Balaban J connectivity index is 1.80. The second kappa shape index (κ2) is 5.44. The van der Waals surface area contributed by atoms with Crippen molar-refractivity contribution in [2.24, 2.45) is 0 Å². The van der Waals surface area contributed by atoms with Crippen LogP contribution in [0.25, 0.3) is 0 Å². The lowest BCUT2D eigenvalue weighted by atomic mass is 10.3. The molecule has 0 spiro atoms. The third-order valence-electron chi connectivity index (χ3n) is 3.55. The van der Waals surface area contributed by atoms with Gasteiger partial charge in [0.05, 0.1) is 28.2 Å². The molecule has 0 unspecified atom stereocenters. The zero-order chi connectivity index (χ0) is 13.2. The van der Waals surface area contributed by atoms with Crippen molar-refractivity contribution < 1.29 is 0 Å². The van der Waals surface area contributed by atoms with E-state index in [2.05, 4.69) is 14.8 Å². The minimum Gasteiger partial charge on any atom is -0.292 e. The molecule has 1 saturated carbocycles. The Labute approximate surface area is 124 Å². The maximum atomic E-state index is 11.9. The molecular weight excluding hydrogens is 355 g/mol. The lowest BCUT2D eigenvalue weighted by Gasteiger charge is -2.09. The number of rotatable bonds is 3. The van der Waals surface area contributed by atoms with Crippen molar-refractivity contribution in [2.45, 2.75) is 38.3 Å². The van der Waals surface area contributed by atoms with Crippen LogP contribution in [-0.4, -0.2) is 19.3 Å². The van der Waals surface area contributed by atoms with Crippen molar-refractivity contribution in [3.05, 3.63) is 44.4 Å². The second-order valence-electron chi connectivity index (χ2n) is 4.90. The van der Waals surface area contributed by atoms with Crippen LogP contribution in [0.1, 0.15) is 37.4 Å². The Kier molecular flexibility index (Phi) is 3.67. The van der Waals surface area contributed by atoms with Crippen molar-refractivity contribution in [1.82, 2.24) is 19.3 Å². The first-order chi connectivity index (χ1) is 9.24. The van der Waals surface area contributed by atoms with Gasteiger partial charge in [0.25, 0.3) is 5.56 Å². The van der Waals surface area contributed by atoms with Crippen LogP contribution in [-0.2, 0) is 6.54 Å². The van der Waals surface area contributed by atoms with Gasteiger partial charge in [-0.15, -0.1) is 0 Å². The molecule has 0 radical (unpaired) electrons. The average Bonchev–Trinajstić information content (AvgIpc) is 3.05. The first kappa shape index (κ1) is 12.8. The van der Waals surface area contributed by atoms with Gasteiger partial charge in [-0.25, -0.2) is 4.98 Å². The van der Waals surface area contributed by atoms with Gasteiger partial charge in [-0.2, -0.15) is 5.10 Å². The van der Waals surface area contributed by atoms with Gasteiger partial charge in [0, 0.05) is 12.4 Å². The highest BCUT2D eigenvalue weighted by molar-refractivity contribution is 14.1. The summed E-state index contributed by atoms with van der Waals surface area (Å²) in [7, 11) is 0. The third kappa shape index (κ3) is 2.72. The van der Waals surface area contributed by atoms with Crippen LogP contribution in [0.15, 0.2) is 29.6 Å². The first-order valence-electron chi connectivity index (χ1n) is 6.48. The fourth-order valence-electron chi connectivity index (χ4n) is 2.55. The Morgan fingerprint density at radius 1 is 1.37 bits per heavy atom. The van der Waals surface area contributed by atoms with Gasteiger partial charge in [0.2, 0.25) is 0 Å². The molecule has 0 saturated heterocycles. The molecule has 0 aliphatic heterocycles. The molecule has 1 fully saturated rings. The highest BCUT2D eigenvalue weighted by Gasteiger charge is 2.17. The maximum Gasteiger partial charge on any atom is 0.267 e. The third-order valence-corrected chi connectivity index (χ3v) is 4.29. The first-order valence-corrected chi connectivity index (χ1v) is 7.56. The van der Waals surface area contributed by atoms with Crippen LogP contribution < -0.4 is 5.56 Å². The summed E-state index contributed by atoms with van der Waals surface area (Å²) >= 11 is 2.01. The van der Waals surface area contributed by atoms with Crippen LogP contribution in [0, 0.1) is 3.57 Å². The van der Waals surface area contributed by atoms with E-state index in [1.165, 1.54) is 25.7 Å². The molecule has 5 nitrogen and oxygen atoms in total. The smallest absolute Gasteiger partial charge is 0.267 e. The predicted octanol–water partition coefficient (Wildman–Crippen LogP) is 2.21. The van der Waals surface area contributed by atoms with E-state index in [0.29, 0.717) is 16.2 Å². The van der Waals surface area contributed by atoms with Crippen LogP contribution in [0.4, 0.5) is 0 Å². The summed E-state index contributed by atoms with van der Waals surface area (Å²) in [6.07, 6.45) is 10.2. The van der Waals surface area contributed by atoms with E-state index in [-0.39, 0.29) is 5.56 Å². The molecule has 1 aliphatic rings. The fourth-order valence-corrected chi connectivity index (χ4v) is 3.02. The van der Waals surface area contributed by atoms with Crippen LogP contribution in [0.5, 0.6) is 0 Å². The SMILES string of the molecule is O=c1c(I)cncn1Cc1ccn(C2CCCC2)n1. The Hall–Kier alpha value is -1.18. The van der Waals surface area contributed by atoms with E-state index in [9.17, 15) is 4.79 Å². The number of hydrogen-bond donors (Lipinski definition) is 0. The lowest BCUT2D eigenvalue weighted by Crippen LogP contribution is -2.23. The summed E-state index contributed by atoms with van der Waals surface area (Å²) < 4.78 is 4.29. The van der Waals surface area contributed by atoms with E-state index in [1.54, 1.807) is 17.1 Å². The van der Waals surface area contributed by atoms with E-state index >= 15 is 0 Å². The summed E-state index contributed by atoms with van der Waals surface area (Å²) in [4.78, 5) is 16.0. The molecule has 19 heavy (non-hydrogen) atoms. The van der Waals surface area contributed by atoms with Crippen molar-refractivity contribution in [2.75, 3.05) is 0 Å². The van der Waals surface area contributed by atoms with Crippen LogP contribution in [0.3, 0.4) is 0 Å². The molecule has 0 N–H and O–H groups in total. The van der Waals surface area contributed by atoms with Gasteiger partial charge >= 0.3 is 0 Å². The van der Waals surface area contributed by atoms with Gasteiger partial charge in [-0.1, -0.05) is 12.8 Å². The monoisotopic (exact) mass is 370 g/mol. The molecule has 6 heteroatoms. The molecule has 0 amide bonds. The minimum atomic E-state index is -0.00832. The summed E-state index contributed by atoms with van der Waals surface area (Å²) in [5.74, 6) is 0. The van der Waals surface area contributed by atoms with Crippen molar-refractivity contribution in [3.63, 3.8) is 0 Å². The molecule has 2 heterocycles. The second-order valence-corrected chi connectivity index (χ2v) is 6.06. The number of aromatic nitrogens is 4. The zero-order valence-corrected chi connectivity index (χ0v) is 12.7. The van der Waals surface area contributed by atoms with Gasteiger partial charge in [-0.05, 0) is 41.5 Å². The van der Waals surface area contributed by atoms with Gasteiger partial charge < -0.3 is 0 Å². The molecule has 0 atom stereocenters. The van der Waals surface area contributed by atoms with Gasteiger partial charge in [0.15, 0.2) is 0 Å². The Morgan fingerprint density at radius 2 is 2.16 bits per heavy atom. The van der Waals surface area contributed by atoms with E-state index in [4.69, 9.17) is 0 Å². The summed E-state index contributed by atoms with van der Waals surface area (Å²) in [6.45, 7) is 0.488. The van der Waals surface area contributed by atoms with E-state index < -0.39 is 0 Å². The standard InChI is InChI=1S/C13H15IN4O/c14-12-7-15-9-17(13(12)19)8-10-5-6-18(16-10)11-3-1-2-4-11/h5-7,9,11H,1-4,8H2. The topological polar surface area (TPSA) is 52.7 Å². The predicted molar refractivity (Wildman–Crippen MR) is 80.0 cm³/mol. The maximum absolute atomic E-state index is 11.9. The summed E-state index contributed by atoms with van der Waals surface area (Å²) in [5, 5.41) is 4.59. The van der Waals surface area contributed by atoms with E-state index in [1.807, 2.05) is 34.9 Å². The summed E-state index contributed by atoms with van der Waals surface area (Å²) in [6, 6.07) is 2.53. The fraction of sp³-hybridized carbons (Fsp3) is 0.462. The zero-order valence-electron chi connectivity index (χ0n) is 10.5. The molecule has 2 aromatic rings. The van der Waals surface area contributed by atoms with Gasteiger partial charge in [-0.3, -0.25) is 14.0 Å². The molecule has 0 aromatic carbocycles. The van der Waals surface area contributed by atoms with Crippen LogP contribution in [0.2, 0.25) is 0 Å². The summed E-state index contributed by atoms with van der Waals surface area (Å²) in [5.41, 5.74) is 0.906. The molecular formula is C13H15IN4O. The minimum absolute atomic E-state index is 0.00832. The molecule has 1 aliphatic carbocycles. The average molecular weight is 370 g/mol. The highest BCUT2D eigenvalue weighted by atomic mass is 127. The van der Waals surface area contributed by atoms with Crippen LogP contribution >= 0.6 is 22.6 Å². The molecule has 3 rings (SSSR count). The van der Waals surface area contributed by atoms with Gasteiger partial charge in [0.1, 0.15) is 0 Å². The normalized spacial score (nSPS) is 16.1. The molecule has 2 aromatic heterocycles. The Morgan fingerprint density at radius 3 is 2.95 bits per heavy atom. The van der Waals surface area contributed by atoms with Crippen molar-refractivity contribution >= 4 is 22.6 Å². The molecule has 100 valence electrons. The Bertz CT molecular complexity index is 628.